The number of carboxylic acid groups (broad SMARTS) is 2. The largest absolute Gasteiger partial charge is 0.541 e. The molecule has 70 valence electrons. The molecule has 0 radical (unpaired) electrons. The zero-order chi connectivity index (χ0) is 10.2. The molecule has 0 aliphatic carbocycles. The second-order valence-electron chi connectivity index (χ2n) is 2.63. The van der Waals surface area contributed by atoms with Gasteiger partial charge in [0.15, 0.2) is 0 Å². The standard InChI is InChI=1S/C7H8N2O4/c1-8-3-9(2)5(7(12)13)4(8)6(10)11/h3H,1-2H3,(H-,10,11,12,13). The molecule has 1 rings (SSSR count). The van der Waals surface area contributed by atoms with Gasteiger partial charge >= 0.3 is 5.97 Å². The van der Waals surface area contributed by atoms with Crippen LogP contribution >= 0.6 is 0 Å². The number of carbonyl (C=O) groups is 2. The van der Waals surface area contributed by atoms with E-state index < -0.39 is 11.9 Å². The van der Waals surface area contributed by atoms with Gasteiger partial charge in [0, 0.05) is 0 Å². The summed E-state index contributed by atoms with van der Waals surface area (Å²) in [7, 11) is 2.90. The molecule has 1 heterocycles. The Balaban J connectivity index is 3.47. The van der Waals surface area contributed by atoms with Crippen LogP contribution < -0.4 is 9.67 Å². The molecule has 1 aromatic rings. The Hall–Kier alpha value is -1.85. The van der Waals surface area contributed by atoms with Gasteiger partial charge in [-0.3, -0.25) is 0 Å². The number of carboxylic acids is 2. The number of nitrogens with zero attached hydrogens (tertiary/aromatic N) is 2. The SMILES string of the molecule is Cn1c[n+](C)c(C(=O)O)c1C(=O)[O-]. The predicted octanol–water partition coefficient (Wildman–Crippen LogP) is -2.09. The highest BCUT2D eigenvalue weighted by Gasteiger charge is 2.25. The molecular weight excluding hydrogens is 176 g/mol. The molecule has 0 saturated carbocycles. The van der Waals surface area contributed by atoms with Gasteiger partial charge in [-0.2, -0.15) is 0 Å². The van der Waals surface area contributed by atoms with Crippen molar-refractivity contribution in [3.8, 4) is 0 Å². The Morgan fingerprint density at radius 3 is 2.46 bits per heavy atom. The maximum absolute atomic E-state index is 10.6. The van der Waals surface area contributed by atoms with Crippen LogP contribution in [0.1, 0.15) is 21.0 Å². The lowest BCUT2D eigenvalue weighted by Crippen LogP contribution is -2.35. The van der Waals surface area contributed by atoms with Crippen molar-refractivity contribution in [2.24, 2.45) is 14.1 Å². The fourth-order valence-corrected chi connectivity index (χ4v) is 1.20. The molecular formula is C7H8N2O4. The maximum atomic E-state index is 10.6. The molecule has 0 unspecified atom stereocenters. The van der Waals surface area contributed by atoms with Crippen LogP contribution in [0.2, 0.25) is 0 Å². The van der Waals surface area contributed by atoms with Crippen molar-refractivity contribution in [3.63, 3.8) is 0 Å². The van der Waals surface area contributed by atoms with E-state index >= 15 is 0 Å². The Morgan fingerprint density at radius 1 is 1.62 bits per heavy atom. The van der Waals surface area contributed by atoms with Crippen molar-refractivity contribution in [2.75, 3.05) is 0 Å². The number of rotatable bonds is 2. The molecule has 0 aliphatic rings. The van der Waals surface area contributed by atoms with Crippen molar-refractivity contribution in [2.45, 2.75) is 0 Å². The van der Waals surface area contributed by atoms with E-state index in [1.807, 2.05) is 0 Å². The first-order chi connectivity index (χ1) is 5.95. The third-order valence-electron chi connectivity index (χ3n) is 1.67. The molecule has 0 spiro atoms. The molecule has 0 amide bonds. The fraction of sp³-hybridized carbons (Fsp3) is 0.286. The number of imidazole rings is 1. The normalized spacial score (nSPS) is 10.0. The minimum absolute atomic E-state index is 0.289. The first-order valence-corrected chi connectivity index (χ1v) is 3.44. The van der Waals surface area contributed by atoms with E-state index in [9.17, 15) is 14.7 Å². The van der Waals surface area contributed by atoms with E-state index in [1.165, 1.54) is 29.6 Å². The summed E-state index contributed by atoms with van der Waals surface area (Å²) in [6.07, 6.45) is 1.36. The lowest BCUT2D eigenvalue weighted by molar-refractivity contribution is -0.673. The number of hydrogen-bond donors (Lipinski definition) is 1. The van der Waals surface area contributed by atoms with Gasteiger partial charge < -0.3 is 15.0 Å². The topological polar surface area (TPSA) is 86.2 Å². The number of aryl methyl sites for hydroxylation is 2. The molecule has 6 heteroatoms. The Kier molecular flexibility index (Phi) is 2.05. The van der Waals surface area contributed by atoms with E-state index in [0.717, 1.165) is 0 Å². The Bertz CT molecular complexity index is 346. The van der Waals surface area contributed by atoms with Gasteiger partial charge in [0.05, 0.1) is 14.1 Å². The minimum Gasteiger partial charge on any atom is -0.541 e. The zero-order valence-corrected chi connectivity index (χ0v) is 7.14. The Morgan fingerprint density at radius 2 is 2.15 bits per heavy atom. The average molecular weight is 184 g/mol. The highest BCUT2D eigenvalue weighted by Crippen LogP contribution is 2.02. The molecule has 1 N–H and O–H groups in total. The maximum Gasteiger partial charge on any atom is 0.380 e. The van der Waals surface area contributed by atoms with Crippen molar-refractivity contribution in [3.05, 3.63) is 17.7 Å². The highest BCUT2D eigenvalue weighted by atomic mass is 16.4. The summed E-state index contributed by atoms with van der Waals surface area (Å²) in [5.74, 6) is -2.79. The van der Waals surface area contributed by atoms with Crippen LogP contribution in [0.15, 0.2) is 6.33 Å². The van der Waals surface area contributed by atoms with Crippen molar-refractivity contribution in [1.29, 1.82) is 0 Å². The summed E-state index contributed by atoms with van der Waals surface area (Å²) >= 11 is 0. The lowest BCUT2D eigenvalue weighted by atomic mass is 10.3. The third kappa shape index (κ3) is 1.37. The molecule has 0 atom stereocenters. The number of aromatic nitrogens is 2. The zero-order valence-electron chi connectivity index (χ0n) is 7.14. The quantitative estimate of drug-likeness (QED) is 0.534. The monoisotopic (exact) mass is 184 g/mol. The van der Waals surface area contributed by atoms with Gasteiger partial charge in [0.1, 0.15) is 5.97 Å². The summed E-state index contributed by atoms with van der Waals surface area (Å²) in [6.45, 7) is 0. The molecule has 6 nitrogen and oxygen atoms in total. The van der Waals surface area contributed by atoms with E-state index in [0.29, 0.717) is 0 Å². The van der Waals surface area contributed by atoms with Crippen LogP contribution in [-0.4, -0.2) is 21.6 Å². The molecule has 0 fully saturated rings. The summed E-state index contributed by atoms with van der Waals surface area (Å²) in [5.41, 5.74) is -0.627. The first-order valence-electron chi connectivity index (χ1n) is 3.44. The van der Waals surface area contributed by atoms with Crippen LogP contribution in [0.3, 0.4) is 0 Å². The van der Waals surface area contributed by atoms with E-state index in [1.54, 1.807) is 0 Å². The van der Waals surface area contributed by atoms with E-state index in [-0.39, 0.29) is 11.4 Å². The summed E-state index contributed by atoms with van der Waals surface area (Å²) in [6, 6.07) is 0. The fourth-order valence-electron chi connectivity index (χ4n) is 1.20. The minimum atomic E-state index is -1.50. The summed E-state index contributed by atoms with van der Waals surface area (Å²) in [5, 5.41) is 19.2. The van der Waals surface area contributed by atoms with E-state index in [4.69, 9.17) is 5.11 Å². The van der Waals surface area contributed by atoms with Crippen LogP contribution in [0, 0.1) is 0 Å². The first kappa shape index (κ1) is 9.24. The predicted molar refractivity (Wildman–Crippen MR) is 37.9 cm³/mol. The highest BCUT2D eigenvalue weighted by molar-refractivity contribution is 5.96. The summed E-state index contributed by atoms with van der Waals surface area (Å²) in [4.78, 5) is 21.2. The number of carbonyl (C=O) groups excluding carboxylic acids is 1. The third-order valence-corrected chi connectivity index (χ3v) is 1.67. The molecule has 0 aliphatic heterocycles. The molecule has 0 aromatic carbocycles. The van der Waals surface area contributed by atoms with Crippen LogP contribution in [0.4, 0.5) is 0 Å². The van der Waals surface area contributed by atoms with Crippen molar-refractivity contribution in [1.82, 2.24) is 4.57 Å². The molecule has 0 bridgehead atoms. The summed E-state index contributed by atoms with van der Waals surface area (Å²) < 4.78 is 2.41. The van der Waals surface area contributed by atoms with Gasteiger partial charge in [-0.1, -0.05) is 0 Å². The van der Waals surface area contributed by atoms with Crippen molar-refractivity contribution >= 4 is 11.9 Å². The number of aromatic carboxylic acids is 2. The number of hydrogen-bond acceptors (Lipinski definition) is 3. The van der Waals surface area contributed by atoms with Gasteiger partial charge in [0.2, 0.25) is 12.0 Å². The van der Waals surface area contributed by atoms with Crippen LogP contribution in [0.5, 0.6) is 0 Å². The van der Waals surface area contributed by atoms with E-state index in [2.05, 4.69) is 0 Å². The van der Waals surface area contributed by atoms with Gasteiger partial charge in [-0.25, -0.2) is 13.9 Å². The molecule has 1 aromatic heterocycles. The molecule has 0 saturated heterocycles. The van der Waals surface area contributed by atoms with Crippen LogP contribution in [0.25, 0.3) is 0 Å². The lowest BCUT2D eigenvalue weighted by Gasteiger charge is -1.97. The second kappa shape index (κ2) is 2.89. The van der Waals surface area contributed by atoms with Gasteiger partial charge in [-0.05, 0) is 0 Å². The van der Waals surface area contributed by atoms with Crippen LogP contribution in [-0.2, 0) is 14.1 Å². The second-order valence-corrected chi connectivity index (χ2v) is 2.63. The van der Waals surface area contributed by atoms with Crippen molar-refractivity contribution < 1.29 is 24.4 Å². The average Bonchev–Trinajstić information content (AvgIpc) is 2.24. The molecule has 13 heavy (non-hydrogen) atoms. The van der Waals surface area contributed by atoms with Gasteiger partial charge in [-0.15, -0.1) is 0 Å². The smallest absolute Gasteiger partial charge is 0.380 e. The van der Waals surface area contributed by atoms with Gasteiger partial charge in [0.25, 0.3) is 5.69 Å². The Labute approximate surface area is 73.7 Å².